The van der Waals surface area contributed by atoms with Gasteiger partial charge in [0.05, 0.1) is 23.2 Å². The number of rotatable bonds is 7. The predicted octanol–water partition coefficient (Wildman–Crippen LogP) is 6.11. The van der Waals surface area contributed by atoms with Crippen LogP contribution in [0.2, 0.25) is 0 Å². The molecule has 1 aliphatic rings. The number of halogens is 1. The van der Waals surface area contributed by atoms with Gasteiger partial charge in [0.25, 0.3) is 11.5 Å². The van der Waals surface area contributed by atoms with Crippen molar-refractivity contribution in [3.63, 3.8) is 0 Å². The molecule has 0 aliphatic heterocycles. The van der Waals surface area contributed by atoms with Crippen molar-refractivity contribution in [2.75, 3.05) is 11.4 Å². The zero-order valence-corrected chi connectivity index (χ0v) is 24.8. The van der Waals surface area contributed by atoms with Crippen LogP contribution in [0.3, 0.4) is 0 Å². The summed E-state index contributed by atoms with van der Waals surface area (Å²) in [7, 11) is -0.655. The van der Waals surface area contributed by atoms with Gasteiger partial charge in [-0.15, -0.1) is 0 Å². The minimum atomic E-state index is -2.14. The Morgan fingerprint density at radius 2 is 1.90 bits per heavy atom. The Morgan fingerprint density at radius 1 is 1.14 bits per heavy atom. The van der Waals surface area contributed by atoms with E-state index in [2.05, 4.69) is 10.1 Å². The monoisotopic (exact) mass is 596 g/mol. The molecule has 1 aliphatic carbocycles. The second kappa shape index (κ2) is 12.0. The smallest absolute Gasteiger partial charge is 0.429 e. The molecule has 2 aromatic carbocycles. The van der Waals surface area contributed by atoms with E-state index >= 15 is 4.39 Å². The average molecular weight is 597 g/mol. The Labute approximate surface area is 245 Å². The van der Waals surface area contributed by atoms with Gasteiger partial charge >= 0.3 is 6.09 Å². The van der Waals surface area contributed by atoms with E-state index in [4.69, 9.17) is 14.0 Å². The molecule has 0 radical (unpaired) electrons. The van der Waals surface area contributed by atoms with Gasteiger partial charge < -0.3 is 14.0 Å². The van der Waals surface area contributed by atoms with Crippen LogP contribution in [0.5, 0.6) is 5.75 Å². The first kappa shape index (κ1) is 29.4. The summed E-state index contributed by atoms with van der Waals surface area (Å²) in [6, 6.07) is 10.6. The molecule has 12 heteroatoms. The van der Waals surface area contributed by atoms with Crippen molar-refractivity contribution >= 4 is 33.9 Å². The maximum absolute atomic E-state index is 15.4. The number of benzene rings is 2. The highest BCUT2D eigenvalue weighted by atomic mass is 32.2. The molecular formula is C30H33FN4O6S. The molecule has 2 aromatic heterocycles. The third-order valence-electron chi connectivity index (χ3n) is 7.15. The second-order valence-electron chi connectivity index (χ2n) is 11.3. The number of carbonyl (C=O) groups excluding carboxylic acids is 1. The highest BCUT2D eigenvalue weighted by molar-refractivity contribution is 7.87. The summed E-state index contributed by atoms with van der Waals surface area (Å²) in [5.41, 5.74) is -0.00456. The molecule has 10 nitrogen and oxygen atoms in total. The highest BCUT2D eigenvalue weighted by Crippen LogP contribution is 2.33. The van der Waals surface area contributed by atoms with E-state index in [1.807, 2.05) is 0 Å². The van der Waals surface area contributed by atoms with Gasteiger partial charge in [-0.1, -0.05) is 32.1 Å². The van der Waals surface area contributed by atoms with Crippen LogP contribution in [0.4, 0.5) is 15.1 Å². The van der Waals surface area contributed by atoms with Gasteiger partial charge in [0.1, 0.15) is 17.2 Å². The van der Waals surface area contributed by atoms with Crippen LogP contribution in [0, 0.1) is 11.7 Å². The molecule has 2 heterocycles. The van der Waals surface area contributed by atoms with E-state index in [1.165, 1.54) is 36.3 Å². The summed E-state index contributed by atoms with van der Waals surface area (Å²) in [5, 5.41) is 4.18. The molecule has 4 aromatic rings. The third kappa shape index (κ3) is 6.23. The van der Waals surface area contributed by atoms with E-state index in [0.29, 0.717) is 34.6 Å². The number of anilines is 1. The van der Waals surface area contributed by atoms with Gasteiger partial charge in [-0.25, -0.2) is 13.4 Å². The summed E-state index contributed by atoms with van der Waals surface area (Å²) < 4.78 is 47.1. The summed E-state index contributed by atoms with van der Waals surface area (Å²) >= 11 is 0. The number of amides is 1. The summed E-state index contributed by atoms with van der Waals surface area (Å²) in [6.45, 7) is 5.03. The van der Waals surface area contributed by atoms with Gasteiger partial charge in [-0.3, -0.25) is 9.36 Å². The Bertz CT molecular complexity index is 1680. The lowest BCUT2D eigenvalue weighted by atomic mass is 9.84. The van der Waals surface area contributed by atoms with E-state index in [0.717, 1.165) is 36.4 Å². The molecule has 1 unspecified atom stereocenters. The number of nitrogens with zero attached hydrogens (tertiary/aromatic N) is 4. The van der Waals surface area contributed by atoms with Crippen LogP contribution in [-0.2, 0) is 22.1 Å². The number of methoxy groups -OCH3 is 1. The summed E-state index contributed by atoms with van der Waals surface area (Å²) in [4.78, 5) is 30.2. The fourth-order valence-electron chi connectivity index (χ4n) is 5.25. The van der Waals surface area contributed by atoms with Gasteiger partial charge in [0, 0.05) is 17.5 Å². The number of aromatic nitrogens is 3. The Balaban J connectivity index is 1.54. The number of carbonyl (C=O) groups is 1. The minimum absolute atomic E-state index is 0.212. The molecule has 0 saturated heterocycles. The van der Waals surface area contributed by atoms with Crippen LogP contribution in [0.25, 0.3) is 16.6 Å². The van der Waals surface area contributed by atoms with Crippen molar-refractivity contribution in [1.29, 1.82) is 0 Å². The zero-order chi connectivity index (χ0) is 30.0. The Kier molecular flexibility index (Phi) is 8.44. The molecule has 222 valence electrons. The summed E-state index contributed by atoms with van der Waals surface area (Å²) in [6.07, 6.45) is 6.39. The molecule has 5 rings (SSSR count). The lowest BCUT2D eigenvalue weighted by Gasteiger charge is -2.24. The average Bonchev–Trinajstić information content (AvgIpc) is 3.48. The van der Waals surface area contributed by atoms with Crippen molar-refractivity contribution in [3.8, 4) is 11.4 Å². The van der Waals surface area contributed by atoms with E-state index in [1.54, 1.807) is 45.0 Å². The quantitative estimate of drug-likeness (QED) is 0.251. The molecule has 0 N–H and O–H groups in total. The largest absolute Gasteiger partial charge is 0.495 e. The first-order valence-electron chi connectivity index (χ1n) is 13.8. The standard InChI is InChI=1S/C30H33FN4O6S/c1-30(2,3)41-29(37)35(28-32-18-40-33-28)42(38)22-11-12-24-20(15-22)10-13-27(36)34(24)25-17-23(31)21(16-26(25)39-4)14-19-8-6-5-7-9-19/h10-13,15-19H,5-9,14H2,1-4H3. The molecule has 1 fully saturated rings. The molecule has 1 saturated carbocycles. The highest BCUT2D eigenvalue weighted by Gasteiger charge is 2.32. The molecule has 42 heavy (non-hydrogen) atoms. The second-order valence-corrected chi connectivity index (χ2v) is 12.6. The fourth-order valence-corrected chi connectivity index (χ4v) is 6.27. The van der Waals surface area contributed by atoms with Crippen molar-refractivity contribution in [2.45, 2.75) is 69.8 Å². The van der Waals surface area contributed by atoms with E-state index in [9.17, 15) is 13.8 Å². The molecule has 1 atom stereocenters. The molecule has 1 amide bonds. The number of ether oxygens (including phenoxy) is 2. The normalized spacial score (nSPS) is 15.0. The number of hydrogen-bond acceptors (Lipinski definition) is 8. The lowest BCUT2D eigenvalue weighted by molar-refractivity contribution is 0.0608. The van der Waals surface area contributed by atoms with Crippen LogP contribution >= 0.6 is 0 Å². The first-order valence-corrected chi connectivity index (χ1v) is 14.9. The number of hydrogen-bond donors (Lipinski definition) is 0. The fraction of sp³-hybridized carbons (Fsp3) is 0.400. The summed E-state index contributed by atoms with van der Waals surface area (Å²) in [5.74, 6) is 0.168. The van der Waals surface area contributed by atoms with Gasteiger partial charge in [0.15, 0.2) is 11.0 Å². The maximum atomic E-state index is 15.4. The van der Waals surface area contributed by atoms with Gasteiger partial charge in [0.2, 0.25) is 6.39 Å². The minimum Gasteiger partial charge on any atom is -0.495 e. The van der Waals surface area contributed by atoms with Crippen molar-refractivity contribution in [3.05, 3.63) is 70.6 Å². The van der Waals surface area contributed by atoms with Crippen LogP contribution in [0.1, 0.15) is 58.4 Å². The van der Waals surface area contributed by atoms with Crippen LogP contribution < -0.4 is 14.6 Å². The first-order chi connectivity index (χ1) is 20.1. The van der Waals surface area contributed by atoms with Crippen LogP contribution in [-0.4, -0.2) is 37.7 Å². The van der Waals surface area contributed by atoms with Crippen molar-refractivity contribution in [2.24, 2.45) is 5.92 Å². The Hall–Kier alpha value is -4.06. The van der Waals surface area contributed by atoms with Crippen molar-refractivity contribution < 1.29 is 27.4 Å². The SMILES string of the molecule is COc1cc(CC2CCCCC2)c(F)cc1-n1c(=O)ccc2cc(S(=O)N(C(=O)OC(C)(C)C)c3ncon3)ccc21. The molecular weight excluding hydrogens is 563 g/mol. The molecule has 0 bridgehead atoms. The van der Waals surface area contributed by atoms with Gasteiger partial charge in [-0.2, -0.15) is 9.29 Å². The third-order valence-corrected chi connectivity index (χ3v) is 8.45. The maximum Gasteiger partial charge on any atom is 0.429 e. The number of pyridine rings is 1. The number of fused-ring (bicyclic) bond motifs is 1. The molecule has 0 spiro atoms. The Morgan fingerprint density at radius 3 is 2.57 bits per heavy atom. The van der Waals surface area contributed by atoms with Crippen LogP contribution in [0.15, 0.2) is 63.1 Å². The van der Waals surface area contributed by atoms with Gasteiger partial charge in [-0.05, 0) is 74.2 Å². The van der Waals surface area contributed by atoms with Crippen molar-refractivity contribution in [1.82, 2.24) is 14.7 Å². The van der Waals surface area contributed by atoms with E-state index in [-0.39, 0.29) is 16.5 Å². The zero-order valence-electron chi connectivity index (χ0n) is 24.0. The van der Waals surface area contributed by atoms with E-state index < -0.39 is 34.1 Å². The lowest BCUT2D eigenvalue weighted by Crippen LogP contribution is -2.38. The topological polar surface area (TPSA) is 117 Å². The predicted molar refractivity (Wildman–Crippen MR) is 156 cm³/mol.